The van der Waals surface area contributed by atoms with Crippen molar-refractivity contribution in [1.29, 1.82) is 0 Å². The number of halogens is 1. The van der Waals surface area contributed by atoms with Gasteiger partial charge < -0.3 is 5.32 Å². The molecule has 0 aliphatic rings. The lowest BCUT2D eigenvalue weighted by Gasteiger charge is -2.06. The average Bonchev–Trinajstić information content (AvgIpc) is 3.08. The fourth-order valence-corrected chi connectivity index (χ4v) is 3.27. The van der Waals surface area contributed by atoms with Crippen LogP contribution in [0.3, 0.4) is 0 Å². The van der Waals surface area contributed by atoms with Crippen LogP contribution in [0.1, 0.15) is 16.1 Å². The van der Waals surface area contributed by atoms with Crippen molar-refractivity contribution in [2.45, 2.75) is 6.92 Å². The molecule has 0 aliphatic carbocycles. The second-order valence-corrected chi connectivity index (χ2v) is 6.89. The van der Waals surface area contributed by atoms with Gasteiger partial charge in [-0.1, -0.05) is 48.0 Å². The molecule has 3 aromatic carbocycles. The number of nitrogens with zero attached hydrogens (tertiary/aromatic N) is 4. The van der Waals surface area contributed by atoms with Crippen LogP contribution in [0, 0.1) is 6.92 Å². The molecule has 148 valence electrons. The number of hydrogen-bond donors (Lipinski definition) is 1. The van der Waals surface area contributed by atoms with Gasteiger partial charge in [0, 0.05) is 5.69 Å². The van der Waals surface area contributed by atoms with Crippen LogP contribution < -0.4 is 5.32 Å². The van der Waals surface area contributed by atoms with Crippen LogP contribution in [-0.2, 0) is 0 Å². The summed E-state index contributed by atoms with van der Waals surface area (Å²) in [7, 11) is 0. The second kappa shape index (κ2) is 8.71. The number of hydrogen-bond acceptors (Lipinski definition) is 4. The molecule has 0 bridgehead atoms. The summed E-state index contributed by atoms with van der Waals surface area (Å²) in [5, 5.41) is 15.9. The highest BCUT2D eigenvalue weighted by Gasteiger charge is 2.21. The fourth-order valence-electron chi connectivity index (χ4n) is 2.91. The van der Waals surface area contributed by atoms with E-state index in [1.165, 1.54) is 0 Å². The summed E-state index contributed by atoms with van der Waals surface area (Å²) >= 11 is 6.46. The smallest absolute Gasteiger partial charge is 0.260 e. The predicted molar refractivity (Wildman–Crippen MR) is 118 cm³/mol. The molecule has 1 amide bonds. The number of carbonyl (C=O) groups is 1. The van der Waals surface area contributed by atoms with Gasteiger partial charge in [-0.3, -0.25) is 4.79 Å². The number of anilines is 1. The average molecular weight is 416 g/mol. The first-order valence-electron chi connectivity index (χ1n) is 9.30. The van der Waals surface area contributed by atoms with Gasteiger partial charge in [0.05, 0.1) is 22.8 Å². The maximum atomic E-state index is 12.8. The molecule has 4 aromatic rings. The molecule has 0 radical (unpaired) electrons. The van der Waals surface area contributed by atoms with Crippen molar-refractivity contribution in [2.75, 3.05) is 5.32 Å². The Morgan fingerprint density at radius 1 is 0.867 bits per heavy atom. The van der Waals surface area contributed by atoms with Gasteiger partial charge in [-0.15, -0.1) is 0 Å². The number of carbonyl (C=O) groups excluding carboxylic acids is 1. The van der Waals surface area contributed by atoms with Gasteiger partial charge in [0.1, 0.15) is 10.7 Å². The van der Waals surface area contributed by atoms with Crippen LogP contribution in [0.2, 0.25) is 5.15 Å². The third-order valence-electron chi connectivity index (χ3n) is 4.39. The second-order valence-electron chi connectivity index (χ2n) is 6.54. The van der Waals surface area contributed by atoms with E-state index in [-0.39, 0.29) is 11.1 Å². The number of benzene rings is 3. The number of amides is 1. The highest BCUT2D eigenvalue weighted by Crippen LogP contribution is 2.25. The first-order valence-corrected chi connectivity index (χ1v) is 9.68. The molecule has 6 nitrogen and oxygen atoms in total. The molecule has 0 fully saturated rings. The highest BCUT2D eigenvalue weighted by molar-refractivity contribution is 6.34. The van der Waals surface area contributed by atoms with E-state index >= 15 is 0 Å². The van der Waals surface area contributed by atoms with Gasteiger partial charge in [-0.25, -0.2) is 4.68 Å². The number of para-hydroxylation sites is 1. The maximum Gasteiger partial charge on any atom is 0.260 e. The molecule has 30 heavy (non-hydrogen) atoms. The van der Waals surface area contributed by atoms with Crippen molar-refractivity contribution in [2.24, 2.45) is 10.2 Å². The van der Waals surface area contributed by atoms with Crippen molar-refractivity contribution < 1.29 is 4.79 Å². The lowest BCUT2D eigenvalue weighted by Crippen LogP contribution is -2.13. The van der Waals surface area contributed by atoms with Gasteiger partial charge in [-0.2, -0.15) is 15.3 Å². The number of nitrogens with one attached hydrogen (secondary N) is 1. The summed E-state index contributed by atoms with van der Waals surface area (Å²) in [6.45, 7) is 1.76. The summed E-state index contributed by atoms with van der Waals surface area (Å²) in [6, 6.07) is 26.0. The summed E-state index contributed by atoms with van der Waals surface area (Å²) in [5.41, 5.74) is 3.76. The Morgan fingerprint density at radius 3 is 2.07 bits per heavy atom. The Bertz CT molecular complexity index is 1190. The first kappa shape index (κ1) is 19.5. The normalized spacial score (nSPS) is 11.0. The molecule has 0 aliphatic heterocycles. The van der Waals surface area contributed by atoms with Gasteiger partial charge in [0.2, 0.25) is 0 Å². The van der Waals surface area contributed by atoms with Gasteiger partial charge in [0.15, 0.2) is 0 Å². The van der Waals surface area contributed by atoms with Crippen LogP contribution in [0.25, 0.3) is 5.69 Å². The molecular weight excluding hydrogens is 398 g/mol. The van der Waals surface area contributed by atoms with Crippen molar-refractivity contribution in [3.63, 3.8) is 0 Å². The van der Waals surface area contributed by atoms with Crippen LogP contribution in [-0.4, -0.2) is 15.7 Å². The number of aromatic nitrogens is 2. The maximum absolute atomic E-state index is 12.8. The zero-order valence-corrected chi connectivity index (χ0v) is 16.9. The third-order valence-corrected chi connectivity index (χ3v) is 4.74. The standard InChI is InChI=1S/C23H18ClN5O/c1-16-21(22(24)29(28-16)20-10-6-3-7-11-20)23(30)25-17-12-14-19(15-13-17)27-26-18-8-4-2-5-9-18/h2-15H,1H3,(H,25,30). The third kappa shape index (κ3) is 4.29. The van der Waals surface area contributed by atoms with Crippen LogP contribution in [0.5, 0.6) is 0 Å². The summed E-state index contributed by atoms with van der Waals surface area (Å²) < 4.78 is 1.55. The lowest BCUT2D eigenvalue weighted by molar-refractivity contribution is 0.102. The van der Waals surface area contributed by atoms with Crippen LogP contribution >= 0.6 is 11.6 Å². The van der Waals surface area contributed by atoms with Crippen molar-refractivity contribution in [3.8, 4) is 5.69 Å². The molecule has 1 N–H and O–H groups in total. The molecular formula is C23H18ClN5O. The van der Waals surface area contributed by atoms with Crippen molar-refractivity contribution in [1.82, 2.24) is 9.78 Å². The number of rotatable bonds is 5. The van der Waals surface area contributed by atoms with Crippen LogP contribution in [0.4, 0.5) is 17.1 Å². The summed E-state index contributed by atoms with van der Waals surface area (Å²) in [5.74, 6) is -0.321. The largest absolute Gasteiger partial charge is 0.322 e. The lowest BCUT2D eigenvalue weighted by atomic mass is 10.2. The number of aryl methyl sites for hydroxylation is 1. The fraction of sp³-hybridized carbons (Fsp3) is 0.0435. The molecule has 0 atom stereocenters. The number of azo groups is 1. The Morgan fingerprint density at radius 2 is 1.43 bits per heavy atom. The van der Waals surface area contributed by atoms with Crippen LogP contribution in [0.15, 0.2) is 95.2 Å². The van der Waals surface area contributed by atoms with E-state index in [9.17, 15) is 4.79 Å². The van der Waals surface area contributed by atoms with Gasteiger partial charge in [-0.05, 0) is 55.5 Å². The Labute approximate surface area is 178 Å². The van der Waals surface area contributed by atoms with E-state index in [2.05, 4.69) is 20.6 Å². The van der Waals surface area contributed by atoms with Crippen molar-refractivity contribution in [3.05, 3.63) is 101 Å². The van der Waals surface area contributed by atoms with E-state index in [4.69, 9.17) is 11.6 Å². The molecule has 0 saturated carbocycles. The predicted octanol–water partition coefficient (Wildman–Crippen LogP) is 6.50. The van der Waals surface area contributed by atoms with E-state index in [0.29, 0.717) is 22.6 Å². The monoisotopic (exact) mass is 415 g/mol. The van der Waals surface area contributed by atoms with Crippen molar-refractivity contribution >= 4 is 34.6 Å². The van der Waals surface area contributed by atoms with E-state index in [0.717, 1.165) is 11.4 Å². The summed E-state index contributed by atoms with van der Waals surface area (Å²) in [4.78, 5) is 12.8. The SMILES string of the molecule is Cc1nn(-c2ccccc2)c(Cl)c1C(=O)Nc1ccc(N=Nc2ccccc2)cc1. The highest BCUT2D eigenvalue weighted by atomic mass is 35.5. The zero-order valence-electron chi connectivity index (χ0n) is 16.2. The molecule has 0 saturated heterocycles. The minimum absolute atomic E-state index is 0.268. The van der Waals surface area contributed by atoms with Gasteiger partial charge in [0.25, 0.3) is 5.91 Å². The Kier molecular flexibility index (Phi) is 5.68. The molecule has 0 spiro atoms. The van der Waals surface area contributed by atoms with E-state index in [1.54, 1.807) is 35.9 Å². The van der Waals surface area contributed by atoms with E-state index in [1.807, 2.05) is 60.7 Å². The summed E-state index contributed by atoms with van der Waals surface area (Å²) in [6.07, 6.45) is 0. The molecule has 4 rings (SSSR count). The van der Waals surface area contributed by atoms with Gasteiger partial charge >= 0.3 is 0 Å². The minimum Gasteiger partial charge on any atom is -0.322 e. The molecule has 1 aromatic heterocycles. The first-order chi connectivity index (χ1) is 14.6. The quantitative estimate of drug-likeness (QED) is 0.378. The minimum atomic E-state index is -0.321. The molecule has 0 unspecified atom stereocenters. The van der Waals surface area contributed by atoms with E-state index < -0.39 is 0 Å². The molecule has 7 heteroatoms. The molecule has 1 heterocycles. The topological polar surface area (TPSA) is 71.6 Å². The zero-order chi connectivity index (χ0) is 20.9. The Hall–Kier alpha value is -3.77. The Balaban J connectivity index is 1.49.